The Balaban J connectivity index is 1.46. The third kappa shape index (κ3) is 5.55. The van der Waals surface area contributed by atoms with Gasteiger partial charge in [-0.3, -0.25) is 23.7 Å². The Morgan fingerprint density at radius 2 is 1.90 bits per heavy atom. The van der Waals surface area contributed by atoms with Crippen LogP contribution in [0.25, 0.3) is 11.7 Å². The molecule has 2 fully saturated rings. The van der Waals surface area contributed by atoms with E-state index < -0.39 is 0 Å². The quantitative estimate of drug-likeness (QED) is 0.241. The van der Waals surface area contributed by atoms with Gasteiger partial charge in [0.25, 0.3) is 11.5 Å². The molecule has 2 aliphatic rings. The van der Waals surface area contributed by atoms with Crippen LogP contribution in [0.1, 0.15) is 30.9 Å². The summed E-state index contributed by atoms with van der Waals surface area (Å²) in [6.45, 7) is 3.54. The van der Waals surface area contributed by atoms with Gasteiger partial charge in [-0.2, -0.15) is 0 Å². The molecular formula is C28H28N4O5S2. The predicted molar refractivity (Wildman–Crippen MR) is 155 cm³/mol. The van der Waals surface area contributed by atoms with Crippen LogP contribution in [-0.4, -0.2) is 57.3 Å². The number of ether oxygens (including phenoxy) is 2. The normalized spacial score (nSPS) is 17.3. The molecule has 0 bridgehead atoms. The number of pyridine rings is 1. The highest BCUT2D eigenvalue weighted by atomic mass is 32.2. The number of anilines is 1. The SMILES string of the molecule is CCOC(=O)C1CCN(c2nc3ccccn3c(=O)c2C=C2SC(=S)N(Cc3ccc(OC)cc3)C2=O)CC1. The third-order valence-electron chi connectivity index (χ3n) is 6.81. The Bertz CT molecular complexity index is 1510. The van der Waals surface area contributed by atoms with Gasteiger partial charge in [-0.25, -0.2) is 4.98 Å². The van der Waals surface area contributed by atoms with Crippen LogP contribution in [0.4, 0.5) is 5.82 Å². The van der Waals surface area contributed by atoms with Crippen LogP contribution < -0.4 is 15.2 Å². The summed E-state index contributed by atoms with van der Waals surface area (Å²) in [5.41, 5.74) is 1.46. The molecule has 0 N–H and O–H groups in total. The number of nitrogens with zero attached hydrogens (tertiary/aromatic N) is 4. The highest BCUT2D eigenvalue weighted by Gasteiger charge is 2.34. The number of hydrogen-bond donors (Lipinski definition) is 0. The molecule has 1 aromatic carbocycles. The molecule has 0 aliphatic carbocycles. The van der Waals surface area contributed by atoms with Crippen molar-refractivity contribution in [1.29, 1.82) is 0 Å². The van der Waals surface area contributed by atoms with Crippen molar-refractivity contribution in [2.24, 2.45) is 5.92 Å². The van der Waals surface area contributed by atoms with Gasteiger partial charge < -0.3 is 14.4 Å². The summed E-state index contributed by atoms with van der Waals surface area (Å²) in [5, 5.41) is 0. The molecular weight excluding hydrogens is 536 g/mol. The first kappa shape index (κ1) is 26.9. The van der Waals surface area contributed by atoms with Crippen molar-refractivity contribution in [2.75, 3.05) is 31.7 Å². The standard InChI is InChI=1S/C28H28N4O5S2/c1-3-37-27(35)19-11-14-30(15-12-19)24-21(25(33)31-13-5-4-6-23(31)29-24)16-22-26(34)32(28(38)39-22)17-18-7-9-20(36-2)10-8-18/h4-10,13,16,19H,3,11-12,14-15,17H2,1-2H3. The van der Waals surface area contributed by atoms with E-state index in [-0.39, 0.29) is 23.4 Å². The summed E-state index contributed by atoms with van der Waals surface area (Å²) in [5.74, 6) is 0.594. The number of fused-ring (bicyclic) bond motifs is 1. The van der Waals surface area contributed by atoms with Gasteiger partial charge in [0.1, 0.15) is 21.5 Å². The van der Waals surface area contributed by atoms with Crippen LogP contribution in [0.2, 0.25) is 0 Å². The zero-order valence-corrected chi connectivity index (χ0v) is 23.3. The van der Waals surface area contributed by atoms with E-state index in [1.165, 1.54) is 21.1 Å². The van der Waals surface area contributed by atoms with Gasteiger partial charge in [0, 0.05) is 19.3 Å². The maximum atomic E-state index is 13.7. The van der Waals surface area contributed by atoms with Crippen LogP contribution in [0.15, 0.2) is 58.4 Å². The topological polar surface area (TPSA) is 93.5 Å². The fourth-order valence-corrected chi connectivity index (χ4v) is 5.96. The lowest BCUT2D eigenvalue weighted by Crippen LogP contribution is -2.39. The summed E-state index contributed by atoms with van der Waals surface area (Å²) >= 11 is 6.71. The van der Waals surface area contributed by atoms with Crippen LogP contribution >= 0.6 is 24.0 Å². The number of thiocarbonyl (C=S) groups is 1. The van der Waals surface area contributed by atoms with Gasteiger partial charge in [0.05, 0.1) is 36.6 Å². The van der Waals surface area contributed by atoms with Gasteiger partial charge in [0.15, 0.2) is 0 Å². The summed E-state index contributed by atoms with van der Waals surface area (Å²) in [4.78, 5) is 48.0. The number of rotatable bonds is 7. The molecule has 5 rings (SSSR count). The molecule has 2 aliphatic heterocycles. The molecule has 0 unspecified atom stereocenters. The molecule has 4 heterocycles. The number of esters is 1. The molecule has 39 heavy (non-hydrogen) atoms. The van der Waals surface area contributed by atoms with E-state index in [9.17, 15) is 14.4 Å². The summed E-state index contributed by atoms with van der Waals surface area (Å²) in [6.07, 6.45) is 4.46. The number of aromatic nitrogens is 2. The molecule has 1 amide bonds. The van der Waals surface area contributed by atoms with E-state index in [0.717, 1.165) is 11.3 Å². The second-order valence-electron chi connectivity index (χ2n) is 9.21. The summed E-state index contributed by atoms with van der Waals surface area (Å²) in [6, 6.07) is 12.8. The minimum absolute atomic E-state index is 0.180. The second kappa shape index (κ2) is 11.6. The molecule has 0 atom stereocenters. The zero-order chi connectivity index (χ0) is 27.5. The fraction of sp³-hybridized carbons (Fsp3) is 0.321. The largest absolute Gasteiger partial charge is 0.497 e. The van der Waals surface area contributed by atoms with Crippen molar-refractivity contribution in [3.63, 3.8) is 0 Å². The lowest BCUT2D eigenvalue weighted by Gasteiger charge is -2.32. The molecule has 202 valence electrons. The van der Waals surface area contributed by atoms with Crippen molar-refractivity contribution in [3.05, 3.63) is 75.0 Å². The Morgan fingerprint density at radius 3 is 2.59 bits per heavy atom. The maximum Gasteiger partial charge on any atom is 0.309 e. The fourth-order valence-electron chi connectivity index (χ4n) is 4.73. The van der Waals surface area contributed by atoms with Gasteiger partial charge in [-0.05, 0) is 55.7 Å². The number of methoxy groups -OCH3 is 1. The molecule has 0 saturated carbocycles. The first-order chi connectivity index (χ1) is 18.9. The highest BCUT2D eigenvalue weighted by molar-refractivity contribution is 8.26. The lowest BCUT2D eigenvalue weighted by atomic mass is 9.96. The van der Waals surface area contributed by atoms with E-state index in [1.54, 1.807) is 38.4 Å². The van der Waals surface area contributed by atoms with Crippen LogP contribution in [0, 0.1) is 5.92 Å². The third-order valence-corrected chi connectivity index (χ3v) is 8.19. The Kier molecular flexibility index (Phi) is 7.99. The van der Waals surface area contributed by atoms with E-state index in [2.05, 4.69) is 0 Å². The Hall–Kier alpha value is -3.70. The maximum absolute atomic E-state index is 13.7. The van der Waals surface area contributed by atoms with E-state index in [0.29, 0.717) is 65.3 Å². The number of carbonyl (C=O) groups is 2. The van der Waals surface area contributed by atoms with E-state index >= 15 is 0 Å². The first-order valence-corrected chi connectivity index (χ1v) is 13.9. The van der Waals surface area contributed by atoms with Crippen molar-refractivity contribution < 1.29 is 19.1 Å². The number of hydrogen-bond acceptors (Lipinski definition) is 9. The Morgan fingerprint density at radius 1 is 1.15 bits per heavy atom. The van der Waals surface area contributed by atoms with Gasteiger partial charge in [0.2, 0.25) is 0 Å². The minimum Gasteiger partial charge on any atom is -0.497 e. The first-order valence-electron chi connectivity index (χ1n) is 12.7. The van der Waals surface area contributed by atoms with Crippen LogP contribution in [0.5, 0.6) is 5.75 Å². The van der Waals surface area contributed by atoms with E-state index in [4.69, 9.17) is 26.7 Å². The average molecular weight is 565 g/mol. The molecule has 11 heteroatoms. The number of benzene rings is 1. The summed E-state index contributed by atoms with van der Waals surface area (Å²) in [7, 11) is 1.60. The van der Waals surface area contributed by atoms with Gasteiger partial charge in [-0.15, -0.1) is 0 Å². The predicted octanol–water partition coefficient (Wildman–Crippen LogP) is 3.88. The molecule has 9 nitrogen and oxygen atoms in total. The van der Waals surface area contributed by atoms with Crippen LogP contribution in [-0.2, 0) is 20.9 Å². The monoisotopic (exact) mass is 564 g/mol. The van der Waals surface area contributed by atoms with E-state index in [1.807, 2.05) is 35.2 Å². The van der Waals surface area contributed by atoms with Crippen molar-refractivity contribution >= 4 is 57.7 Å². The number of amides is 1. The zero-order valence-electron chi connectivity index (χ0n) is 21.7. The smallest absolute Gasteiger partial charge is 0.309 e. The van der Waals surface area contributed by atoms with Crippen molar-refractivity contribution in [2.45, 2.75) is 26.3 Å². The molecule has 2 saturated heterocycles. The molecule has 0 radical (unpaired) electrons. The highest BCUT2D eigenvalue weighted by Crippen LogP contribution is 2.35. The summed E-state index contributed by atoms with van der Waals surface area (Å²) < 4.78 is 12.3. The Labute approximate surface area is 235 Å². The molecule has 0 spiro atoms. The van der Waals surface area contributed by atoms with Gasteiger partial charge in [-0.1, -0.05) is 42.2 Å². The minimum atomic E-state index is -0.275. The number of piperidine rings is 1. The molecule has 3 aromatic rings. The van der Waals surface area contributed by atoms with Gasteiger partial charge >= 0.3 is 5.97 Å². The number of thioether (sulfide) groups is 1. The average Bonchev–Trinajstić information content (AvgIpc) is 3.22. The molecule has 2 aromatic heterocycles. The van der Waals surface area contributed by atoms with Crippen LogP contribution in [0.3, 0.4) is 0 Å². The second-order valence-corrected chi connectivity index (χ2v) is 10.9. The number of carbonyl (C=O) groups excluding carboxylic acids is 2. The van der Waals surface area contributed by atoms with Crippen molar-refractivity contribution in [1.82, 2.24) is 14.3 Å². The lowest BCUT2D eigenvalue weighted by molar-refractivity contribution is -0.148. The van der Waals surface area contributed by atoms with Crippen molar-refractivity contribution in [3.8, 4) is 5.75 Å².